The number of carbonyl (C=O) groups is 1. The van der Waals surface area contributed by atoms with E-state index in [-0.39, 0.29) is 22.2 Å². The molecule has 128 valence electrons. The Kier molecular flexibility index (Phi) is 8.01. The molecule has 9 heteroatoms. The van der Waals surface area contributed by atoms with Crippen LogP contribution >= 0.6 is 23.7 Å². The molecule has 6 nitrogen and oxygen atoms in total. The zero-order chi connectivity index (χ0) is 16.3. The molecule has 0 radical (unpaired) electrons. The van der Waals surface area contributed by atoms with Crippen LogP contribution in [-0.2, 0) is 10.0 Å². The third-order valence-corrected chi connectivity index (χ3v) is 6.50. The standard InChI is InChI=1S/C13H23N3O3S2.ClH/c1-5-13(14,6-2)9-15-12(17)11-10(7-8-20-11)21(18,19)16(3)4;/h7-8H,5-6,9,14H2,1-4H3,(H,15,17);1H. The minimum absolute atomic E-state index is 0. The van der Waals surface area contributed by atoms with E-state index in [0.29, 0.717) is 6.54 Å². The lowest BCUT2D eigenvalue weighted by Crippen LogP contribution is -2.49. The number of thiophene rings is 1. The van der Waals surface area contributed by atoms with E-state index >= 15 is 0 Å². The van der Waals surface area contributed by atoms with Gasteiger partial charge in [-0.05, 0) is 24.3 Å². The fraction of sp³-hybridized carbons (Fsp3) is 0.615. The number of nitrogens with one attached hydrogen (secondary N) is 1. The Morgan fingerprint density at radius 2 is 1.91 bits per heavy atom. The van der Waals surface area contributed by atoms with Crippen molar-refractivity contribution < 1.29 is 13.2 Å². The molecule has 0 atom stereocenters. The number of hydrogen-bond donors (Lipinski definition) is 2. The van der Waals surface area contributed by atoms with Gasteiger partial charge in [-0.3, -0.25) is 4.79 Å². The van der Waals surface area contributed by atoms with Crippen LogP contribution in [0.15, 0.2) is 16.3 Å². The summed E-state index contributed by atoms with van der Waals surface area (Å²) in [5.74, 6) is -0.401. The average Bonchev–Trinajstić information content (AvgIpc) is 2.94. The maximum absolute atomic E-state index is 12.2. The summed E-state index contributed by atoms with van der Waals surface area (Å²) in [5.41, 5.74) is 5.67. The SMILES string of the molecule is CCC(N)(CC)CNC(=O)c1sccc1S(=O)(=O)N(C)C.Cl. The van der Waals surface area contributed by atoms with Crippen molar-refractivity contribution in [2.75, 3.05) is 20.6 Å². The maximum atomic E-state index is 12.2. The second-order valence-corrected chi connectivity index (χ2v) is 8.19. The number of hydrogen-bond acceptors (Lipinski definition) is 5. The number of halogens is 1. The zero-order valence-electron chi connectivity index (χ0n) is 13.3. The molecule has 0 aromatic carbocycles. The van der Waals surface area contributed by atoms with Crippen LogP contribution in [-0.4, -0.2) is 44.8 Å². The van der Waals surface area contributed by atoms with Crippen molar-refractivity contribution in [1.82, 2.24) is 9.62 Å². The maximum Gasteiger partial charge on any atom is 0.262 e. The average molecular weight is 370 g/mol. The van der Waals surface area contributed by atoms with Gasteiger partial charge in [-0.1, -0.05) is 13.8 Å². The Bertz CT molecular complexity index is 595. The molecule has 22 heavy (non-hydrogen) atoms. The van der Waals surface area contributed by atoms with E-state index in [1.54, 1.807) is 5.38 Å². The van der Waals surface area contributed by atoms with Gasteiger partial charge in [0.2, 0.25) is 10.0 Å². The Morgan fingerprint density at radius 1 is 1.36 bits per heavy atom. The second kappa shape index (κ2) is 8.26. The highest BCUT2D eigenvalue weighted by Crippen LogP contribution is 2.24. The van der Waals surface area contributed by atoms with Gasteiger partial charge < -0.3 is 11.1 Å². The molecule has 0 fully saturated rings. The van der Waals surface area contributed by atoms with E-state index in [1.165, 1.54) is 20.2 Å². The normalized spacial score (nSPS) is 12.1. The summed E-state index contributed by atoms with van der Waals surface area (Å²) in [6, 6.07) is 1.45. The smallest absolute Gasteiger partial charge is 0.262 e. The predicted octanol–water partition coefficient (Wildman–Crippen LogP) is 1.67. The molecule has 1 aromatic rings. The van der Waals surface area contributed by atoms with Gasteiger partial charge in [-0.2, -0.15) is 0 Å². The van der Waals surface area contributed by atoms with Crippen LogP contribution in [0, 0.1) is 0 Å². The first-order valence-corrected chi connectivity index (χ1v) is 9.07. The molecule has 0 bridgehead atoms. The summed E-state index contributed by atoms with van der Waals surface area (Å²) in [7, 11) is -0.746. The highest BCUT2D eigenvalue weighted by atomic mass is 35.5. The summed E-state index contributed by atoms with van der Waals surface area (Å²) in [4.78, 5) is 12.5. The molecular weight excluding hydrogens is 346 g/mol. The summed E-state index contributed by atoms with van der Waals surface area (Å²) in [6.45, 7) is 4.24. The van der Waals surface area contributed by atoms with Gasteiger partial charge in [-0.25, -0.2) is 12.7 Å². The molecular formula is C13H24ClN3O3S2. The van der Waals surface area contributed by atoms with E-state index < -0.39 is 21.5 Å². The molecule has 1 heterocycles. The number of amides is 1. The first kappa shape index (κ1) is 21.3. The van der Waals surface area contributed by atoms with Crippen LogP contribution in [0.25, 0.3) is 0 Å². The van der Waals surface area contributed by atoms with Gasteiger partial charge in [0, 0.05) is 26.2 Å². The molecule has 3 N–H and O–H groups in total. The Labute approximate surface area is 142 Å². The van der Waals surface area contributed by atoms with E-state index in [2.05, 4.69) is 5.32 Å². The van der Waals surface area contributed by atoms with Crippen molar-refractivity contribution in [2.24, 2.45) is 5.73 Å². The fourth-order valence-corrected chi connectivity index (χ4v) is 3.91. The zero-order valence-corrected chi connectivity index (χ0v) is 15.7. The van der Waals surface area contributed by atoms with Crippen molar-refractivity contribution in [1.29, 1.82) is 0 Å². The van der Waals surface area contributed by atoms with Crippen molar-refractivity contribution in [3.63, 3.8) is 0 Å². The number of sulfonamides is 1. The lowest BCUT2D eigenvalue weighted by Gasteiger charge is -2.26. The monoisotopic (exact) mass is 369 g/mol. The van der Waals surface area contributed by atoms with Crippen molar-refractivity contribution >= 4 is 39.7 Å². The molecule has 0 saturated heterocycles. The highest BCUT2D eigenvalue weighted by Gasteiger charge is 2.27. The number of nitrogens with two attached hydrogens (primary N) is 1. The molecule has 0 aliphatic rings. The summed E-state index contributed by atoms with van der Waals surface area (Å²) < 4.78 is 25.4. The molecule has 0 spiro atoms. The third kappa shape index (κ3) is 4.66. The molecule has 1 aromatic heterocycles. The van der Waals surface area contributed by atoms with E-state index in [4.69, 9.17) is 5.73 Å². The highest BCUT2D eigenvalue weighted by molar-refractivity contribution is 7.89. The Hall–Kier alpha value is -0.670. The topological polar surface area (TPSA) is 92.5 Å². The van der Waals surface area contributed by atoms with Crippen LogP contribution in [0.1, 0.15) is 36.4 Å². The fourth-order valence-electron chi connectivity index (χ4n) is 1.70. The first-order valence-electron chi connectivity index (χ1n) is 6.75. The van der Waals surface area contributed by atoms with Crippen LogP contribution < -0.4 is 11.1 Å². The van der Waals surface area contributed by atoms with E-state index in [0.717, 1.165) is 28.5 Å². The summed E-state index contributed by atoms with van der Waals surface area (Å²) >= 11 is 1.11. The minimum atomic E-state index is -3.62. The van der Waals surface area contributed by atoms with Gasteiger partial charge in [0.25, 0.3) is 5.91 Å². The van der Waals surface area contributed by atoms with Crippen molar-refractivity contribution in [2.45, 2.75) is 37.1 Å². The Morgan fingerprint density at radius 3 is 2.36 bits per heavy atom. The molecule has 0 saturated carbocycles. The van der Waals surface area contributed by atoms with Crippen LogP contribution in [0.4, 0.5) is 0 Å². The number of nitrogens with zero attached hydrogens (tertiary/aromatic N) is 1. The molecule has 1 rings (SSSR count). The quantitative estimate of drug-likeness (QED) is 0.764. The number of rotatable bonds is 7. The van der Waals surface area contributed by atoms with Crippen molar-refractivity contribution in [3.05, 3.63) is 16.3 Å². The molecule has 1 amide bonds. The lowest BCUT2D eigenvalue weighted by atomic mass is 9.94. The molecule has 0 aliphatic carbocycles. The predicted molar refractivity (Wildman–Crippen MR) is 92.3 cm³/mol. The van der Waals surface area contributed by atoms with Crippen LogP contribution in [0.2, 0.25) is 0 Å². The number of carbonyl (C=O) groups excluding carboxylic acids is 1. The summed E-state index contributed by atoms with van der Waals surface area (Å²) in [5, 5.41) is 4.34. The molecule has 0 aliphatic heterocycles. The van der Waals surface area contributed by atoms with Crippen LogP contribution in [0.5, 0.6) is 0 Å². The van der Waals surface area contributed by atoms with E-state index in [1.807, 2.05) is 13.8 Å². The van der Waals surface area contributed by atoms with Gasteiger partial charge in [-0.15, -0.1) is 23.7 Å². The Balaban J connectivity index is 0.00000441. The second-order valence-electron chi connectivity index (χ2n) is 5.15. The lowest BCUT2D eigenvalue weighted by molar-refractivity contribution is 0.0943. The molecule has 0 unspecified atom stereocenters. The third-order valence-electron chi connectivity index (χ3n) is 3.60. The van der Waals surface area contributed by atoms with E-state index in [9.17, 15) is 13.2 Å². The van der Waals surface area contributed by atoms with Gasteiger partial charge in [0.05, 0.1) is 0 Å². The van der Waals surface area contributed by atoms with Gasteiger partial charge in [0.1, 0.15) is 9.77 Å². The van der Waals surface area contributed by atoms with Gasteiger partial charge in [0.15, 0.2) is 0 Å². The van der Waals surface area contributed by atoms with Gasteiger partial charge >= 0.3 is 0 Å². The minimum Gasteiger partial charge on any atom is -0.349 e. The first-order chi connectivity index (χ1) is 9.68. The van der Waals surface area contributed by atoms with Crippen LogP contribution in [0.3, 0.4) is 0 Å². The summed E-state index contributed by atoms with van der Waals surface area (Å²) in [6.07, 6.45) is 1.47. The largest absolute Gasteiger partial charge is 0.349 e. The van der Waals surface area contributed by atoms with Crippen molar-refractivity contribution in [3.8, 4) is 0 Å².